The molecule has 3 amide bonds. The van der Waals surface area contributed by atoms with Gasteiger partial charge in [-0.05, 0) is 29.8 Å². The van der Waals surface area contributed by atoms with E-state index in [0.717, 1.165) is 30.5 Å². The molecule has 1 saturated heterocycles. The number of aromatic nitrogens is 1. The number of nitrogens with zero attached hydrogens (tertiary/aromatic N) is 2. The predicted octanol–water partition coefficient (Wildman–Crippen LogP) is 2.73. The zero-order valence-electron chi connectivity index (χ0n) is 11.8. The lowest BCUT2D eigenvalue weighted by Gasteiger charge is -2.29. The van der Waals surface area contributed by atoms with Crippen molar-refractivity contribution in [2.75, 3.05) is 4.90 Å². The van der Waals surface area contributed by atoms with E-state index in [1.165, 1.54) is 18.3 Å². The van der Waals surface area contributed by atoms with E-state index >= 15 is 0 Å². The lowest BCUT2D eigenvalue weighted by Crippen LogP contribution is -2.55. The zero-order valence-corrected chi connectivity index (χ0v) is 11.8. The molecule has 2 aromatic rings. The normalized spacial score (nSPS) is 21.1. The lowest BCUT2D eigenvalue weighted by atomic mass is 9.89. The largest absolute Gasteiger partial charge is 0.425 e. The van der Waals surface area contributed by atoms with Gasteiger partial charge in [-0.3, -0.25) is 9.78 Å². The van der Waals surface area contributed by atoms with Crippen molar-refractivity contribution in [3.05, 3.63) is 60.2 Å². The van der Waals surface area contributed by atoms with Crippen molar-refractivity contribution in [2.45, 2.75) is 11.7 Å². The van der Waals surface area contributed by atoms with E-state index in [0.29, 0.717) is 4.90 Å². The quantitative estimate of drug-likeness (QED) is 0.676. The molecule has 9 heteroatoms. The summed E-state index contributed by atoms with van der Waals surface area (Å²) in [5.41, 5.74) is -3.97. The molecule has 1 N–H and O–H groups in total. The van der Waals surface area contributed by atoms with Gasteiger partial charge < -0.3 is 5.32 Å². The van der Waals surface area contributed by atoms with E-state index in [1.807, 2.05) is 0 Å². The maximum Gasteiger partial charge on any atom is 0.425 e. The van der Waals surface area contributed by atoms with Crippen LogP contribution in [0.2, 0.25) is 0 Å². The first-order valence-electron chi connectivity index (χ1n) is 6.67. The topological polar surface area (TPSA) is 62.3 Å². The summed E-state index contributed by atoms with van der Waals surface area (Å²) >= 11 is 0. The number of benzene rings is 1. The minimum Gasteiger partial charge on any atom is -0.311 e. The fourth-order valence-corrected chi connectivity index (χ4v) is 2.50. The van der Waals surface area contributed by atoms with E-state index in [9.17, 15) is 27.2 Å². The summed E-state index contributed by atoms with van der Waals surface area (Å²) in [6.07, 6.45) is -2.69. The van der Waals surface area contributed by atoms with Crippen LogP contribution in [0.25, 0.3) is 0 Å². The molecule has 0 radical (unpaired) electrons. The molecule has 1 atom stereocenters. The fourth-order valence-electron chi connectivity index (χ4n) is 2.50. The number of rotatable bonds is 2. The Labute approximate surface area is 132 Å². The Kier molecular flexibility index (Phi) is 3.51. The molecule has 0 aliphatic carbocycles. The molecule has 24 heavy (non-hydrogen) atoms. The summed E-state index contributed by atoms with van der Waals surface area (Å²) in [4.78, 5) is 28.7. The number of halogens is 4. The van der Waals surface area contributed by atoms with Crippen LogP contribution >= 0.6 is 0 Å². The van der Waals surface area contributed by atoms with E-state index in [-0.39, 0.29) is 5.69 Å². The minimum atomic E-state index is -5.13. The zero-order chi connectivity index (χ0) is 17.5. The van der Waals surface area contributed by atoms with Gasteiger partial charge >= 0.3 is 12.2 Å². The number of carbonyl (C=O) groups excluding carboxylic acids is 2. The first kappa shape index (κ1) is 15.9. The Balaban J connectivity index is 2.16. The molecule has 1 aliphatic rings. The third kappa shape index (κ3) is 2.20. The van der Waals surface area contributed by atoms with Crippen LogP contribution in [0.15, 0.2) is 48.8 Å². The number of alkyl halides is 3. The predicted molar refractivity (Wildman–Crippen MR) is 74.4 cm³/mol. The number of hydrogen-bond acceptors (Lipinski definition) is 3. The molecule has 5 nitrogen and oxygen atoms in total. The van der Waals surface area contributed by atoms with Crippen LogP contribution < -0.4 is 10.2 Å². The van der Waals surface area contributed by atoms with Crippen LogP contribution in [0.5, 0.6) is 0 Å². The van der Waals surface area contributed by atoms with Gasteiger partial charge in [0.15, 0.2) is 0 Å². The molecule has 0 bridgehead atoms. The highest BCUT2D eigenvalue weighted by molar-refractivity contribution is 6.23. The molecular formula is C15H9F4N3O2. The van der Waals surface area contributed by atoms with Crippen LogP contribution in [-0.2, 0) is 10.3 Å². The number of nitrogens with one attached hydrogen (secondary N) is 1. The minimum absolute atomic E-state index is 0.103. The standard InChI is InChI=1S/C15H9F4N3O2/c16-10-5-3-9(4-6-10)14(15(17,18)19)12(23)22(13(24)21-14)11-2-1-7-20-8-11/h1-8H,(H,21,24). The van der Waals surface area contributed by atoms with Crippen molar-refractivity contribution in [1.29, 1.82) is 0 Å². The highest BCUT2D eigenvalue weighted by Crippen LogP contribution is 2.44. The van der Waals surface area contributed by atoms with Crippen molar-refractivity contribution in [1.82, 2.24) is 10.3 Å². The van der Waals surface area contributed by atoms with Crippen LogP contribution in [0.4, 0.5) is 28.0 Å². The molecule has 0 spiro atoms. The molecule has 1 aromatic heterocycles. The molecular weight excluding hydrogens is 330 g/mol. The SMILES string of the molecule is O=C1NC(c2ccc(F)cc2)(C(F)(F)F)C(=O)N1c1cccnc1. The summed E-state index contributed by atoms with van der Waals surface area (Å²) in [6.45, 7) is 0. The highest BCUT2D eigenvalue weighted by atomic mass is 19.4. The number of amides is 3. The molecule has 124 valence electrons. The average Bonchev–Trinajstić information content (AvgIpc) is 2.80. The Morgan fingerprint density at radius 1 is 1.08 bits per heavy atom. The van der Waals surface area contributed by atoms with E-state index in [1.54, 1.807) is 5.32 Å². The number of carbonyl (C=O) groups is 2. The van der Waals surface area contributed by atoms with Crippen molar-refractivity contribution in [2.24, 2.45) is 0 Å². The van der Waals surface area contributed by atoms with Gasteiger partial charge in [-0.15, -0.1) is 0 Å². The van der Waals surface area contributed by atoms with Gasteiger partial charge in [-0.1, -0.05) is 12.1 Å². The van der Waals surface area contributed by atoms with Gasteiger partial charge in [0, 0.05) is 6.20 Å². The van der Waals surface area contributed by atoms with Crippen LogP contribution in [0.1, 0.15) is 5.56 Å². The fraction of sp³-hybridized carbons (Fsp3) is 0.133. The molecule has 3 rings (SSSR count). The van der Waals surface area contributed by atoms with Gasteiger partial charge in [0.25, 0.3) is 5.91 Å². The summed E-state index contributed by atoms with van der Waals surface area (Å²) in [5.74, 6) is -2.29. The Hall–Kier alpha value is -2.97. The van der Waals surface area contributed by atoms with Gasteiger partial charge in [-0.2, -0.15) is 13.2 Å². The maximum atomic E-state index is 13.7. The molecule has 1 aliphatic heterocycles. The first-order valence-corrected chi connectivity index (χ1v) is 6.67. The molecule has 0 saturated carbocycles. The number of urea groups is 1. The Morgan fingerprint density at radius 2 is 1.75 bits per heavy atom. The van der Waals surface area contributed by atoms with Gasteiger partial charge in [-0.25, -0.2) is 14.1 Å². The summed E-state index contributed by atoms with van der Waals surface area (Å²) in [6, 6.07) is 4.61. The number of hydrogen-bond donors (Lipinski definition) is 1. The Morgan fingerprint density at radius 3 is 2.29 bits per heavy atom. The second-order valence-electron chi connectivity index (χ2n) is 5.04. The third-order valence-electron chi connectivity index (χ3n) is 3.63. The second kappa shape index (κ2) is 5.29. The molecule has 1 fully saturated rings. The molecule has 2 heterocycles. The van der Waals surface area contributed by atoms with Crippen LogP contribution in [0.3, 0.4) is 0 Å². The first-order chi connectivity index (χ1) is 11.3. The smallest absolute Gasteiger partial charge is 0.311 e. The summed E-state index contributed by atoms with van der Waals surface area (Å²) in [5, 5.41) is 1.70. The van der Waals surface area contributed by atoms with E-state index in [2.05, 4.69) is 4.98 Å². The van der Waals surface area contributed by atoms with Gasteiger partial charge in [0.2, 0.25) is 5.54 Å². The Bertz CT molecular complexity index is 793. The maximum absolute atomic E-state index is 13.7. The van der Waals surface area contributed by atoms with Crippen molar-refractivity contribution >= 4 is 17.6 Å². The average molecular weight is 339 g/mol. The van der Waals surface area contributed by atoms with Crippen molar-refractivity contribution in [3.8, 4) is 0 Å². The number of anilines is 1. The van der Waals surface area contributed by atoms with Crippen LogP contribution in [-0.4, -0.2) is 23.1 Å². The second-order valence-corrected chi connectivity index (χ2v) is 5.04. The van der Waals surface area contributed by atoms with E-state index < -0.39 is 35.0 Å². The monoisotopic (exact) mass is 339 g/mol. The van der Waals surface area contributed by atoms with Gasteiger partial charge in [0.1, 0.15) is 5.82 Å². The molecule has 1 aromatic carbocycles. The number of pyridine rings is 1. The van der Waals surface area contributed by atoms with Crippen LogP contribution in [0, 0.1) is 5.82 Å². The molecule has 1 unspecified atom stereocenters. The lowest BCUT2D eigenvalue weighted by molar-refractivity contribution is -0.195. The number of imide groups is 1. The van der Waals surface area contributed by atoms with Crippen molar-refractivity contribution < 1.29 is 27.2 Å². The summed E-state index contributed by atoms with van der Waals surface area (Å²) < 4.78 is 54.3. The summed E-state index contributed by atoms with van der Waals surface area (Å²) in [7, 11) is 0. The highest BCUT2D eigenvalue weighted by Gasteiger charge is 2.68. The third-order valence-corrected chi connectivity index (χ3v) is 3.63. The van der Waals surface area contributed by atoms with E-state index in [4.69, 9.17) is 0 Å². The van der Waals surface area contributed by atoms with Gasteiger partial charge in [0.05, 0.1) is 11.9 Å². The van der Waals surface area contributed by atoms with Crippen molar-refractivity contribution in [3.63, 3.8) is 0 Å².